The zero-order valence-electron chi connectivity index (χ0n) is 18.5. The van der Waals surface area contributed by atoms with E-state index in [0.717, 1.165) is 0 Å². The number of carbonyl (C=O) groups is 2. The Kier molecular flexibility index (Phi) is 6.52. The molecule has 2 amide bonds. The number of fused-ring (bicyclic) bond motifs is 1. The molecule has 32 heavy (non-hydrogen) atoms. The molecule has 1 atom stereocenters. The van der Waals surface area contributed by atoms with Crippen LogP contribution >= 0.6 is 0 Å². The highest BCUT2D eigenvalue weighted by Gasteiger charge is 2.36. The molecule has 2 fully saturated rings. The molecule has 1 aromatic rings. The number of ether oxygens (including phenoxy) is 1. The lowest BCUT2D eigenvalue weighted by atomic mass is 9.93. The Morgan fingerprint density at radius 2 is 1.72 bits per heavy atom. The number of nitrogens with one attached hydrogen (secondary N) is 1. The second-order valence-electron chi connectivity index (χ2n) is 8.81. The van der Waals surface area contributed by atoms with Gasteiger partial charge in [0.05, 0.1) is 18.1 Å². The Balaban J connectivity index is 1.45. The van der Waals surface area contributed by atoms with Crippen LogP contribution in [0, 0.1) is 11.8 Å². The first-order valence-electron chi connectivity index (χ1n) is 11.1. The number of rotatable bonds is 4. The molecule has 174 valence electrons. The van der Waals surface area contributed by atoms with E-state index in [1.54, 1.807) is 23.1 Å². The molecule has 3 heterocycles. The Morgan fingerprint density at radius 1 is 1.06 bits per heavy atom. The fourth-order valence-corrected chi connectivity index (χ4v) is 5.67. The average Bonchev–Trinajstić information content (AvgIpc) is 3.07. The Hall–Kier alpha value is -2.46. The van der Waals surface area contributed by atoms with Crippen LogP contribution < -0.4 is 4.72 Å². The topological polar surface area (TPSA) is 108 Å². The molecule has 3 aliphatic rings. The van der Waals surface area contributed by atoms with Crippen molar-refractivity contribution in [3.63, 3.8) is 0 Å². The Labute approximate surface area is 188 Å². The first kappa shape index (κ1) is 22.7. The molecular formula is C22H30N4O5S. The number of hydrogen-bond acceptors (Lipinski definition) is 6. The van der Waals surface area contributed by atoms with Crippen LogP contribution in [0.2, 0.25) is 0 Å². The molecule has 9 nitrogen and oxygen atoms in total. The number of morpholine rings is 1. The maximum absolute atomic E-state index is 13.3. The van der Waals surface area contributed by atoms with E-state index >= 15 is 0 Å². The standard InChI is InChI=1S/C22H30N4O5S/c1-15(2)19(23-20-17-5-3-4-6-18(17)32(29,30)24-20)22(28)25-9-7-16(8-10-25)21(27)26-11-13-31-14-12-26/h3-6,15-16,19H,7-14H2,1-2H3,(H,23,24)/t19-/m0/s1. The minimum Gasteiger partial charge on any atom is -0.378 e. The fourth-order valence-electron chi connectivity index (χ4n) is 4.43. The molecule has 1 aromatic carbocycles. The number of carbonyl (C=O) groups excluding carboxylic acids is 2. The lowest BCUT2D eigenvalue weighted by Gasteiger charge is -2.36. The van der Waals surface area contributed by atoms with Gasteiger partial charge in [0.25, 0.3) is 10.0 Å². The number of likely N-dealkylation sites (tertiary alicyclic amines) is 1. The summed E-state index contributed by atoms with van der Waals surface area (Å²) in [7, 11) is -3.66. The molecule has 0 unspecified atom stereocenters. The first-order chi connectivity index (χ1) is 15.3. The van der Waals surface area contributed by atoms with E-state index in [-0.39, 0.29) is 34.4 Å². The first-order valence-corrected chi connectivity index (χ1v) is 12.6. The number of piperidine rings is 1. The summed E-state index contributed by atoms with van der Waals surface area (Å²) in [5.74, 6) is 0.0471. The average molecular weight is 463 g/mol. The number of hydrogen-bond donors (Lipinski definition) is 1. The lowest BCUT2D eigenvalue weighted by molar-refractivity contribution is -0.144. The number of amidine groups is 1. The van der Waals surface area contributed by atoms with E-state index in [9.17, 15) is 18.0 Å². The Bertz CT molecular complexity index is 1010. The van der Waals surface area contributed by atoms with Gasteiger partial charge in [-0.3, -0.25) is 19.3 Å². The van der Waals surface area contributed by atoms with E-state index in [1.165, 1.54) is 6.07 Å². The van der Waals surface area contributed by atoms with Crippen molar-refractivity contribution in [1.82, 2.24) is 14.5 Å². The van der Waals surface area contributed by atoms with Gasteiger partial charge in [-0.05, 0) is 30.9 Å². The molecule has 1 N–H and O–H groups in total. The molecule has 4 rings (SSSR count). The van der Waals surface area contributed by atoms with Gasteiger partial charge in [0.15, 0.2) is 0 Å². The second kappa shape index (κ2) is 9.19. The van der Waals surface area contributed by atoms with E-state index < -0.39 is 16.1 Å². The zero-order chi connectivity index (χ0) is 22.9. The van der Waals surface area contributed by atoms with Crippen LogP contribution in [0.5, 0.6) is 0 Å². The lowest BCUT2D eigenvalue weighted by Crippen LogP contribution is -2.49. The summed E-state index contributed by atoms with van der Waals surface area (Å²) in [6, 6.07) is 5.93. The molecule has 0 spiro atoms. The van der Waals surface area contributed by atoms with Crippen molar-refractivity contribution in [2.24, 2.45) is 16.8 Å². The highest BCUT2D eigenvalue weighted by Crippen LogP contribution is 2.25. The zero-order valence-corrected chi connectivity index (χ0v) is 19.3. The van der Waals surface area contributed by atoms with Gasteiger partial charge in [-0.2, -0.15) is 0 Å². The number of benzene rings is 1. The normalized spacial score (nSPS) is 23.2. The molecule has 0 aromatic heterocycles. The van der Waals surface area contributed by atoms with Gasteiger partial charge >= 0.3 is 0 Å². The van der Waals surface area contributed by atoms with Crippen LogP contribution in [0.25, 0.3) is 0 Å². The van der Waals surface area contributed by atoms with Crippen LogP contribution in [0.15, 0.2) is 34.2 Å². The van der Waals surface area contributed by atoms with Crippen molar-refractivity contribution >= 4 is 27.7 Å². The maximum Gasteiger partial charge on any atom is 0.263 e. The van der Waals surface area contributed by atoms with E-state index in [2.05, 4.69) is 9.71 Å². The maximum atomic E-state index is 13.3. The minimum absolute atomic E-state index is 0.0746. The molecule has 0 saturated carbocycles. The summed E-state index contributed by atoms with van der Waals surface area (Å²) in [4.78, 5) is 34.4. The quantitative estimate of drug-likeness (QED) is 0.714. The van der Waals surface area contributed by atoms with Crippen molar-refractivity contribution in [3.8, 4) is 0 Å². The predicted octanol–water partition coefficient (Wildman–Crippen LogP) is 0.847. The van der Waals surface area contributed by atoms with Gasteiger partial charge in [0.2, 0.25) is 11.8 Å². The monoisotopic (exact) mass is 462 g/mol. The molecule has 0 aliphatic carbocycles. The van der Waals surface area contributed by atoms with Crippen LogP contribution in [-0.2, 0) is 24.3 Å². The van der Waals surface area contributed by atoms with Crippen LogP contribution in [0.3, 0.4) is 0 Å². The number of sulfonamides is 1. The molecule has 0 radical (unpaired) electrons. The second-order valence-corrected chi connectivity index (χ2v) is 10.5. The number of nitrogens with zero attached hydrogens (tertiary/aromatic N) is 3. The molecule has 2 saturated heterocycles. The van der Waals surface area contributed by atoms with Crippen molar-refractivity contribution in [2.45, 2.75) is 37.6 Å². The smallest absolute Gasteiger partial charge is 0.263 e. The third kappa shape index (κ3) is 4.52. The van der Waals surface area contributed by atoms with E-state index in [1.807, 2.05) is 18.7 Å². The van der Waals surface area contributed by atoms with Gasteiger partial charge in [-0.25, -0.2) is 8.42 Å². The van der Waals surface area contributed by atoms with Gasteiger partial charge in [0.1, 0.15) is 11.9 Å². The van der Waals surface area contributed by atoms with Crippen LogP contribution in [-0.4, -0.2) is 81.3 Å². The highest BCUT2D eigenvalue weighted by molar-refractivity contribution is 7.90. The van der Waals surface area contributed by atoms with Gasteiger partial charge in [-0.1, -0.05) is 26.0 Å². The van der Waals surface area contributed by atoms with Crippen molar-refractivity contribution in [3.05, 3.63) is 29.8 Å². The Morgan fingerprint density at radius 3 is 2.38 bits per heavy atom. The molecular weight excluding hydrogens is 432 g/mol. The molecule has 10 heteroatoms. The fraction of sp³-hybridized carbons (Fsp3) is 0.591. The van der Waals surface area contributed by atoms with Crippen LogP contribution in [0.4, 0.5) is 0 Å². The third-order valence-electron chi connectivity index (χ3n) is 6.29. The summed E-state index contributed by atoms with van der Waals surface area (Å²) >= 11 is 0. The SMILES string of the molecule is CC(C)[C@H](N=C1NS(=O)(=O)c2ccccc21)C(=O)N1CCC(C(=O)N2CCOCC2)CC1. The molecule has 3 aliphatic heterocycles. The predicted molar refractivity (Wildman–Crippen MR) is 119 cm³/mol. The van der Waals surface area contributed by atoms with Crippen molar-refractivity contribution < 1.29 is 22.7 Å². The summed E-state index contributed by atoms with van der Waals surface area (Å²) in [6.07, 6.45) is 1.25. The summed E-state index contributed by atoms with van der Waals surface area (Å²) in [6.45, 7) is 7.20. The van der Waals surface area contributed by atoms with Crippen molar-refractivity contribution in [1.29, 1.82) is 0 Å². The minimum atomic E-state index is -3.66. The van der Waals surface area contributed by atoms with Gasteiger partial charge in [-0.15, -0.1) is 0 Å². The third-order valence-corrected chi connectivity index (χ3v) is 7.69. The number of amides is 2. The summed E-state index contributed by atoms with van der Waals surface area (Å²) < 4.78 is 32.6. The largest absolute Gasteiger partial charge is 0.378 e. The van der Waals surface area contributed by atoms with Gasteiger partial charge < -0.3 is 14.5 Å². The molecule has 0 bridgehead atoms. The highest BCUT2D eigenvalue weighted by atomic mass is 32.2. The van der Waals surface area contributed by atoms with Gasteiger partial charge in [0, 0.05) is 37.7 Å². The van der Waals surface area contributed by atoms with E-state index in [4.69, 9.17) is 4.74 Å². The summed E-state index contributed by atoms with van der Waals surface area (Å²) in [5.41, 5.74) is 0.487. The number of aliphatic imine (C=N–C) groups is 1. The summed E-state index contributed by atoms with van der Waals surface area (Å²) in [5, 5.41) is 0. The van der Waals surface area contributed by atoms with E-state index in [0.29, 0.717) is 57.8 Å². The van der Waals surface area contributed by atoms with Crippen molar-refractivity contribution in [2.75, 3.05) is 39.4 Å². The van der Waals surface area contributed by atoms with Crippen LogP contribution in [0.1, 0.15) is 32.3 Å².